The molecule has 4 rings (SSSR count). The molecule has 23 heavy (non-hydrogen) atoms. The van der Waals surface area contributed by atoms with E-state index in [0.29, 0.717) is 35.2 Å². The SMILES string of the molecule is O=c1c2c(c3cc(F)ccc3n1-c1ccccc1)NCCN=C2. The lowest BCUT2D eigenvalue weighted by Gasteiger charge is -2.16. The standard InChI is InChI=1S/C18H14FN3O/c19-12-6-7-16-14(10-12)17-15(11-20-8-9-21-17)18(23)22(16)13-4-2-1-3-5-13/h1-7,10-11,21H,8-9H2. The molecule has 0 unspecified atom stereocenters. The van der Waals surface area contributed by atoms with Gasteiger partial charge < -0.3 is 5.32 Å². The van der Waals surface area contributed by atoms with Crippen LogP contribution in [0.3, 0.4) is 0 Å². The fourth-order valence-electron chi connectivity index (χ4n) is 2.93. The van der Waals surface area contributed by atoms with Crippen molar-refractivity contribution < 1.29 is 4.39 Å². The number of nitrogens with zero attached hydrogens (tertiary/aromatic N) is 2. The fraction of sp³-hybridized carbons (Fsp3) is 0.111. The number of hydrogen-bond donors (Lipinski definition) is 1. The van der Waals surface area contributed by atoms with Crippen molar-refractivity contribution in [2.24, 2.45) is 4.99 Å². The van der Waals surface area contributed by atoms with Crippen molar-refractivity contribution in [3.8, 4) is 5.69 Å². The second-order valence-corrected chi connectivity index (χ2v) is 5.39. The molecule has 1 aliphatic heterocycles. The molecule has 1 N–H and O–H groups in total. The Morgan fingerprint density at radius 2 is 1.96 bits per heavy atom. The van der Waals surface area contributed by atoms with Gasteiger partial charge in [-0.25, -0.2) is 4.39 Å². The highest BCUT2D eigenvalue weighted by Crippen LogP contribution is 2.28. The maximum absolute atomic E-state index is 13.8. The molecular weight excluding hydrogens is 293 g/mol. The first-order valence-electron chi connectivity index (χ1n) is 7.43. The number of rotatable bonds is 1. The van der Waals surface area contributed by atoms with Crippen LogP contribution in [0.15, 0.2) is 58.3 Å². The second-order valence-electron chi connectivity index (χ2n) is 5.39. The molecule has 1 aliphatic rings. The number of anilines is 1. The van der Waals surface area contributed by atoms with Gasteiger partial charge in [-0.2, -0.15) is 0 Å². The lowest BCUT2D eigenvalue weighted by atomic mass is 10.1. The quantitative estimate of drug-likeness (QED) is 0.751. The van der Waals surface area contributed by atoms with Gasteiger partial charge in [0.2, 0.25) is 0 Å². The van der Waals surface area contributed by atoms with Gasteiger partial charge in [0.25, 0.3) is 5.56 Å². The highest BCUT2D eigenvalue weighted by atomic mass is 19.1. The summed E-state index contributed by atoms with van der Waals surface area (Å²) >= 11 is 0. The Kier molecular flexibility index (Phi) is 3.19. The van der Waals surface area contributed by atoms with Crippen LogP contribution in [0, 0.1) is 5.82 Å². The van der Waals surface area contributed by atoms with Gasteiger partial charge >= 0.3 is 0 Å². The topological polar surface area (TPSA) is 46.4 Å². The Morgan fingerprint density at radius 3 is 2.78 bits per heavy atom. The zero-order chi connectivity index (χ0) is 15.8. The van der Waals surface area contributed by atoms with E-state index in [-0.39, 0.29) is 11.4 Å². The Hall–Kier alpha value is -2.95. The van der Waals surface area contributed by atoms with Crippen molar-refractivity contribution >= 4 is 22.8 Å². The third-order valence-electron chi connectivity index (χ3n) is 3.95. The summed E-state index contributed by atoms with van der Waals surface area (Å²) in [5, 5.41) is 3.89. The maximum Gasteiger partial charge on any atom is 0.266 e. The van der Waals surface area contributed by atoms with Gasteiger partial charge in [-0.3, -0.25) is 14.4 Å². The minimum atomic E-state index is -0.332. The number of benzene rings is 2. The number of para-hydroxylation sites is 1. The molecule has 0 atom stereocenters. The van der Waals surface area contributed by atoms with Gasteiger partial charge in [-0.1, -0.05) is 18.2 Å². The molecule has 3 aromatic rings. The van der Waals surface area contributed by atoms with Crippen molar-refractivity contribution in [3.63, 3.8) is 0 Å². The summed E-state index contributed by atoms with van der Waals surface area (Å²) in [4.78, 5) is 17.2. The molecule has 0 spiro atoms. The van der Waals surface area contributed by atoms with Gasteiger partial charge in [0, 0.05) is 23.8 Å². The highest BCUT2D eigenvalue weighted by molar-refractivity contribution is 6.02. The predicted octanol–water partition coefficient (Wildman–Crippen LogP) is 2.97. The van der Waals surface area contributed by atoms with Gasteiger partial charge in [-0.15, -0.1) is 0 Å². The Labute approximate surface area is 131 Å². The number of fused-ring (bicyclic) bond motifs is 3. The van der Waals surface area contributed by atoms with E-state index in [1.807, 2.05) is 30.3 Å². The number of halogens is 1. The summed E-state index contributed by atoms with van der Waals surface area (Å²) in [6, 6.07) is 13.8. The Morgan fingerprint density at radius 1 is 1.13 bits per heavy atom. The largest absolute Gasteiger partial charge is 0.382 e. The highest BCUT2D eigenvalue weighted by Gasteiger charge is 2.18. The van der Waals surface area contributed by atoms with Crippen LogP contribution in [-0.2, 0) is 0 Å². The Balaban J connectivity index is 2.18. The molecule has 0 fully saturated rings. The summed E-state index contributed by atoms with van der Waals surface area (Å²) in [6.45, 7) is 1.19. The number of aliphatic imine (C=N–C) groups is 1. The molecule has 0 aliphatic carbocycles. The lowest BCUT2D eigenvalue weighted by molar-refractivity contribution is 0.629. The summed E-state index contributed by atoms with van der Waals surface area (Å²) in [7, 11) is 0. The van der Waals surface area contributed by atoms with Crippen LogP contribution in [0.2, 0.25) is 0 Å². The summed E-state index contributed by atoms with van der Waals surface area (Å²) in [5.74, 6) is -0.332. The molecular formula is C18H14FN3O. The van der Waals surface area contributed by atoms with Crippen LogP contribution in [0.4, 0.5) is 10.1 Å². The molecule has 1 aromatic heterocycles. The molecule has 0 bridgehead atoms. The van der Waals surface area contributed by atoms with Gasteiger partial charge in [0.05, 0.1) is 23.3 Å². The Bertz CT molecular complexity index is 977. The van der Waals surface area contributed by atoms with E-state index in [1.54, 1.807) is 16.8 Å². The molecule has 0 saturated carbocycles. The van der Waals surface area contributed by atoms with Crippen molar-refractivity contribution in [1.82, 2.24) is 4.57 Å². The molecule has 4 nitrogen and oxygen atoms in total. The van der Waals surface area contributed by atoms with Crippen LogP contribution >= 0.6 is 0 Å². The smallest absolute Gasteiger partial charge is 0.266 e. The molecule has 5 heteroatoms. The summed E-state index contributed by atoms with van der Waals surface area (Å²) in [5.41, 5.74) is 2.37. The molecule has 0 saturated heterocycles. The second kappa shape index (κ2) is 5.35. The van der Waals surface area contributed by atoms with Crippen LogP contribution in [-0.4, -0.2) is 23.9 Å². The van der Waals surface area contributed by atoms with Crippen molar-refractivity contribution in [2.45, 2.75) is 0 Å². The zero-order valence-corrected chi connectivity index (χ0v) is 12.3. The van der Waals surface area contributed by atoms with Crippen molar-refractivity contribution in [3.05, 3.63) is 70.3 Å². The average Bonchev–Trinajstić information content (AvgIpc) is 2.83. The fourth-order valence-corrected chi connectivity index (χ4v) is 2.93. The van der Waals surface area contributed by atoms with Crippen molar-refractivity contribution in [1.29, 1.82) is 0 Å². The first kappa shape index (κ1) is 13.7. The molecule has 114 valence electrons. The van der Waals surface area contributed by atoms with E-state index in [4.69, 9.17) is 0 Å². The van der Waals surface area contributed by atoms with Crippen LogP contribution in [0.25, 0.3) is 16.6 Å². The average molecular weight is 307 g/mol. The monoisotopic (exact) mass is 307 g/mol. The number of pyridine rings is 1. The lowest BCUT2D eigenvalue weighted by Crippen LogP contribution is -2.24. The zero-order valence-electron chi connectivity index (χ0n) is 12.3. The van der Waals surface area contributed by atoms with Crippen LogP contribution < -0.4 is 10.9 Å². The number of aromatic nitrogens is 1. The molecule has 0 amide bonds. The normalized spacial score (nSPS) is 13.4. The number of hydrogen-bond acceptors (Lipinski definition) is 3. The predicted molar refractivity (Wildman–Crippen MR) is 90.5 cm³/mol. The van der Waals surface area contributed by atoms with E-state index in [2.05, 4.69) is 10.3 Å². The number of nitrogens with one attached hydrogen (secondary N) is 1. The van der Waals surface area contributed by atoms with Crippen LogP contribution in [0.5, 0.6) is 0 Å². The maximum atomic E-state index is 13.8. The van der Waals surface area contributed by atoms with E-state index >= 15 is 0 Å². The van der Waals surface area contributed by atoms with E-state index in [0.717, 1.165) is 5.69 Å². The minimum Gasteiger partial charge on any atom is -0.382 e. The third kappa shape index (κ3) is 2.21. The van der Waals surface area contributed by atoms with Gasteiger partial charge in [-0.05, 0) is 30.3 Å². The first-order chi connectivity index (χ1) is 11.3. The van der Waals surface area contributed by atoms with E-state index in [9.17, 15) is 9.18 Å². The van der Waals surface area contributed by atoms with E-state index in [1.165, 1.54) is 12.1 Å². The van der Waals surface area contributed by atoms with Crippen molar-refractivity contribution in [2.75, 3.05) is 18.4 Å². The van der Waals surface area contributed by atoms with Gasteiger partial charge in [0.1, 0.15) is 5.82 Å². The molecule has 2 heterocycles. The molecule has 0 radical (unpaired) electrons. The summed E-state index contributed by atoms with van der Waals surface area (Å²) < 4.78 is 15.4. The minimum absolute atomic E-state index is 0.163. The van der Waals surface area contributed by atoms with Crippen LogP contribution in [0.1, 0.15) is 5.56 Å². The first-order valence-corrected chi connectivity index (χ1v) is 7.43. The molecule has 2 aromatic carbocycles. The van der Waals surface area contributed by atoms with Gasteiger partial charge in [0.15, 0.2) is 0 Å². The third-order valence-corrected chi connectivity index (χ3v) is 3.95. The van der Waals surface area contributed by atoms with E-state index < -0.39 is 0 Å². The summed E-state index contributed by atoms with van der Waals surface area (Å²) in [6.07, 6.45) is 1.58.